The Morgan fingerprint density at radius 1 is 1.15 bits per heavy atom. The first kappa shape index (κ1) is 25.1. The summed E-state index contributed by atoms with van der Waals surface area (Å²) in [6, 6.07) is 9.28. The number of aliphatic hydroxyl groups is 1. The number of hydrogen-bond acceptors (Lipinski definition) is 6. The van der Waals surface area contributed by atoms with Crippen molar-refractivity contribution in [3.63, 3.8) is 0 Å². The number of hydroxylamine groups is 1. The number of rotatable bonds is 10. The Morgan fingerprint density at radius 2 is 1.88 bits per heavy atom. The van der Waals surface area contributed by atoms with E-state index >= 15 is 0 Å². The molecule has 0 aliphatic heterocycles. The minimum Gasteiger partial charge on any atom is -0.456 e. The van der Waals surface area contributed by atoms with Gasteiger partial charge in [0.25, 0.3) is 0 Å². The van der Waals surface area contributed by atoms with Crippen molar-refractivity contribution in [2.75, 3.05) is 0 Å². The van der Waals surface area contributed by atoms with Crippen LogP contribution in [0.3, 0.4) is 0 Å². The number of aromatic nitrogens is 1. The van der Waals surface area contributed by atoms with Gasteiger partial charge in [-0.3, -0.25) is 15.0 Å². The van der Waals surface area contributed by atoms with Gasteiger partial charge >= 0.3 is 5.97 Å². The van der Waals surface area contributed by atoms with E-state index in [1.54, 1.807) is 11.5 Å². The molecule has 33 heavy (non-hydrogen) atoms. The lowest BCUT2D eigenvalue weighted by Gasteiger charge is -2.31. The number of carbonyl (C=O) groups excluding carboxylic acids is 2. The summed E-state index contributed by atoms with van der Waals surface area (Å²) in [7, 11) is 0. The van der Waals surface area contributed by atoms with Gasteiger partial charge in [0, 0.05) is 17.5 Å². The first-order chi connectivity index (χ1) is 15.9. The Labute approximate surface area is 195 Å². The molecule has 0 spiro atoms. The lowest BCUT2D eigenvalue weighted by atomic mass is 9.82. The van der Waals surface area contributed by atoms with Gasteiger partial charge in [-0.1, -0.05) is 64.2 Å². The second-order valence-corrected chi connectivity index (χ2v) is 9.71. The maximum atomic E-state index is 13.0. The molecule has 2 aromatic rings. The van der Waals surface area contributed by atoms with Crippen LogP contribution >= 0.6 is 0 Å². The molecule has 0 saturated heterocycles. The van der Waals surface area contributed by atoms with Crippen molar-refractivity contribution in [3.8, 4) is 0 Å². The number of esters is 1. The molecule has 3 N–H and O–H groups in total. The van der Waals surface area contributed by atoms with Crippen molar-refractivity contribution in [1.82, 2.24) is 10.5 Å². The molecular weight excluding hydrogens is 420 g/mol. The molecule has 1 aromatic heterocycles. The fourth-order valence-corrected chi connectivity index (χ4v) is 4.84. The van der Waals surface area contributed by atoms with Gasteiger partial charge in [-0.25, -0.2) is 10.3 Å². The van der Waals surface area contributed by atoms with E-state index in [0.29, 0.717) is 24.3 Å². The summed E-state index contributed by atoms with van der Waals surface area (Å²) >= 11 is 0. The molecule has 7 nitrogen and oxygen atoms in total. The number of ether oxygens (including phenoxy) is 1. The van der Waals surface area contributed by atoms with Gasteiger partial charge in [0.1, 0.15) is 6.10 Å². The molecule has 1 heterocycles. The smallest absolute Gasteiger partial charge is 0.340 e. The highest BCUT2D eigenvalue weighted by atomic mass is 16.6. The number of carbonyl (C=O) groups is 2. The van der Waals surface area contributed by atoms with Gasteiger partial charge in [-0.05, 0) is 43.2 Å². The first-order valence-corrected chi connectivity index (χ1v) is 12.0. The van der Waals surface area contributed by atoms with E-state index in [1.165, 1.54) is 12.6 Å². The Kier molecular flexibility index (Phi) is 9.21. The van der Waals surface area contributed by atoms with E-state index in [-0.39, 0.29) is 12.3 Å². The summed E-state index contributed by atoms with van der Waals surface area (Å²) in [5, 5.41) is 21.1. The number of hydrogen-bond donors (Lipinski definition) is 3. The predicted octanol–water partition coefficient (Wildman–Crippen LogP) is 4.65. The average Bonchev–Trinajstić information content (AvgIpc) is 2.82. The number of nitrogens with zero attached hydrogens (tertiary/aromatic N) is 1. The van der Waals surface area contributed by atoms with Gasteiger partial charge in [0.15, 0.2) is 0 Å². The van der Waals surface area contributed by atoms with Crippen LogP contribution in [0.4, 0.5) is 0 Å². The number of para-hydroxylation sites is 1. The van der Waals surface area contributed by atoms with Crippen LogP contribution in [-0.2, 0) is 9.53 Å². The summed E-state index contributed by atoms with van der Waals surface area (Å²) in [5.41, 5.74) is 2.84. The molecule has 0 radical (unpaired) electrons. The molecule has 3 atom stereocenters. The third-order valence-electron chi connectivity index (χ3n) is 6.57. The van der Waals surface area contributed by atoms with E-state index in [9.17, 15) is 14.7 Å². The van der Waals surface area contributed by atoms with Crippen molar-refractivity contribution in [2.24, 2.45) is 17.8 Å². The third kappa shape index (κ3) is 7.24. The van der Waals surface area contributed by atoms with Crippen LogP contribution in [0.25, 0.3) is 10.9 Å². The van der Waals surface area contributed by atoms with Crippen molar-refractivity contribution >= 4 is 22.8 Å². The molecule has 1 saturated carbocycles. The van der Waals surface area contributed by atoms with Crippen LogP contribution in [0.1, 0.15) is 75.6 Å². The zero-order valence-corrected chi connectivity index (χ0v) is 19.6. The normalized spacial score (nSPS) is 17.5. The van der Waals surface area contributed by atoms with E-state index in [2.05, 4.69) is 4.98 Å². The fraction of sp³-hybridized carbons (Fsp3) is 0.577. The summed E-state index contributed by atoms with van der Waals surface area (Å²) in [6.45, 7) is 3.96. The van der Waals surface area contributed by atoms with Crippen LogP contribution in [0, 0.1) is 17.8 Å². The number of fused-ring (bicyclic) bond motifs is 1. The average molecular weight is 457 g/mol. The van der Waals surface area contributed by atoms with E-state index < -0.39 is 30.0 Å². The highest BCUT2D eigenvalue weighted by Crippen LogP contribution is 2.31. The fourth-order valence-electron chi connectivity index (χ4n) is 4.84. The van der Waals surface area contributed by atoms with Crippen LogP contribution in [0.5, 0.6) is 0 Å². The minimum absolute atomic E-state index is 0.116. The molecule has 1 aromatic carbocycles. The molecule has 0 unspecified atom stereocenters. The molecular formula is C26H36N2O5. The lowest BCUT2D eigenvalue weighted by molar-refractivity contribution is -0.136. The van der Waals surface area contributed by atoms with Crippen molar-refractivity contribution in [2.45, 2.75) is 77.4 Å². The monoisotopic (exact) mass is 456 g/mol. The van der Waals surface area contributed by atoms with Gasteiger partial charge < -0.3 is 9.84 Å². The highest BCUT2D eigenvalue weighted by molar-refractivity contribution is 5.93. The van der Waals surface area contributed by atoms with Gasteiger partial charge in [0.05, 0.1) is 17.2 Å². The number of benzene rings is 1. The Balaban J connectivity index is 1.76. The lowest BCUT2D eigenvalue weighted by Crippen LogP contribution is -2.38. The molecule has 0 bridgehead atoms. The minimum atomic E-state index is -1.01. The molecule has 1 fully saturated rings. The standard InChI is InChI=1S/C26H36N2O5/c1-17(2)12-20(25(30)28-32)15-23(29)24(13-18-8-4-3-5-9-18)33-26(31)21-14-19-10-6-7-11-22(19)27-16-21/h6-7,10-11,14,16-18,20,23-24,29,32H,3-5,8-9,12-13,15H2,1-2H3,(H,28,30)/t20-,23+,24+/m1/s1. The molecule has 1 aliphatic carbocycles. The van der Waals surface area contributed by atoms with Crippen molar-refractivity contribution < 1.29 is 24.6 Å². The van der Waals surface area contributed by atoms with Crippen molar-refractivity contribution in [1.29, 1.82) is 0 Å². The van der Waals surface area contributed by atoms with Crippen LogP contribution in [-0.4, -0.2) is 39.4 Å². The zero-order valence-electron chi connectivity index (χ0n) is 19.6. The summed E-state index contributed by atoms with van der Waals surface area (Å²) in [4.78, 5) is 29.5. The second-order valence-electron chi connectivity index (χ2n) is 9.71. The Morgan fingerprint density at radius 3 is 2.58 bits per heavy atom. The molecule has 1 aliphatic rings. The third-order valence-corrected chi connectivity index (χ3v) is 6.57. The molecule has 1 amide bonds. The summed E-state index contributed by atoms with van der Waals surface area (Å²) < 4.78 is 5.85. The highest BCUT2D eigenvalue weighted by Gasteiger charge is 2.32. The topological polar surface area (TPSA) is 109 Å². The van der Waals surface area contributed by atoms with E-state index in [0.717, 1.165) is 36.6 Å². The van der Waals surface area contributed by atoms with E-state index in [4.69, 9.17) is 9.94 Å². The van der Waals surface area contributed by atoms with Gasteiger partial charge in [-0.2, -0.15) is 0 Å². The van der Waals surface area contributed by atoms with Crippen LogP contribution in [0.2, 0.25) is 0 Å². The molecule has 180 valence electrons. The zero-order chi connectivity index (χ0) is 23.8. The van der Waals surface area contributed by atoms with Gasteiger partial charge in [-0.15, -0.1) is 0 Å². The van der Waals surface area contributed by atoms with Crippen LogP contribution in [0.15, 0.2) is 36.5 Å². The quantitative estimate of drug-likeness (QED) is 0.273. The number of nitrogens with one attached hydrogen (secondary N) is 1. The Bertz CT molecular complexity index is 926. The maximum absolute atomic E-state index is 13.0. The Hall–Kier alpha value is -2.51. The van der Waals surface area contributed by atoms with E-state index in [1.807, 2.05) is 38.1 Å². The number of pyridine rings is 1. The van der Waals surface area contributed by atoms with Crippen LogP contribution < -0.4 is 5.48 Å². The second kappa shape index (κ2) is 12.1. The molecule has 7 heteroatoms. The molecule has 3 rings (SSSR count). The van der Waals surface area contributed by atoms with Gasteiger partial charge in [0.2, 0.25) is 5.91 Å². The maximum Gasteiger partial charge on any atom is 0.340 e. The number of amides is 1. The number of aliphatic hydroxyl groups excluding tert-OH is 1. The predicted molar refractivity (Wildman–Crippen MR) is 126 cm³/mol. The largest absolute Gasteiger partial charge is 0.456 e. The SMILES string of the molecule is CC(C)C[C@H](C[C@H](O)[C@H](CC1CCCCC1)OC(=O)c1cnc2ccccc2c1)C(=O)NO. The first-order valence-electron chi connectivity index (χ1n) is 12.0. The summed E-state index contributed by atoms with van der Waals surface area (Å²) in [5.74, 6) is -1.04. The van der Waals surface area contributed by atoms with Crippen molar-refractivity contribution in [3.05, 3.63) is 42.1 Å². The summed E-state index contributed by atoms with van der Waals surface area (Å²) in [6.07, 6.45) is 6.53.